The van der Waals surface area contributed by atoms with E-state index in [1.54, 1.807) is 0 Å². The zero-order valence-corrected chi connectivity index (χ0v) is 19.4. The number of likely N-dealkylation sites (N-methyl/N-ethyl adjacent to an activating group) is 1. The summed E-state index contributed by atoms with van der Waals surface area (Å²) in [6.07, 6.45) is 5.34. The second-order valence-corrected chi connectivity index (χ2v) is 9.43. The van der Waals surface area contributed by atoms with Crippen molar-refractivity contribution in [1.29, 1.82) is 0 Å². The Morgan fingerprint density at radius 3 is 2.90 bits per heavy atom. The highest BCUT2D eigenvalue weighted by atomic mass is 35.5. The van der Waals surface area contributed by atoms with E-state index in [4.69, 9.17) is 21.6 Å². The van der Waals surface area contributed by atoms with Crippen LogP contribution in [0.15, 0.2) is 36.5 Å². The van der Waals surface area contributed by atoms with Crippen LogP contribution in [0.2, 0.25) is 5.15 Å². The molecule has 7 heteroatoms. The fourth-order valence-corrected chi connectivity index (χ4v) is 5.33. The third-order valence-corrected chi connectivity index (χ3v) is 7.40. The van der Waals surface area contributed by atoms with Crippen molar-refractivity contribution < 1.29 is 0 Å². The van der Waals surface area contributed by atoms with Gasteiger partial charge in [0.1, 0.15) is 16.6 Å². The first kappa shape index (κ1) is 20.7. The van der Waals surface area contributed by atoms with Crippen molar-refractivity contribution in [2.75, 3.05) is 38.6 Å². The molecule has 1 aliphatic carbocycles. The minimum atomic E-state index is 0.309. The number of aromatic nitrogens is 3. The van der Waals surface area contributed by atoms with E-state index in [0.717, 1.165) is 54.8 Å². The van der Waals surface area contributed by atoms with Crippen molar-refractivity contribution >= 4 is 23.1 Å². The summed E-state index contributed by atoms with van der Waals surface area (Å²) in [5.41, 5.74) is 4.43. The summed E-state index contributed by atoms with van der Waals surface area (Å²) in [5, 5.41) is 0.723. The number of halogens is 1. The Morgan fingerprint density at radius 2 is 2.06 bits per heavy atom. The van der Waals surface area contributed by atoms with E-state index >= 15 is 0 Å². The molecule has 0 saturated carbocycles. The van der Waals surface area contributed by atoms with Crippen LogP contribution in [0.25, 0.3) is 5.65 Å². The number of nitrogens with zero attached hydrogens (tertiary/aromatic N) is 6. The first-order chi connectivity index (χ1) is 15.0. The Bertz CT molecular complexity index is 1080. The number of hydrogen-bond acceptors (Lipinski definition) is 5. The number of pyridine rings is 2. The number of fused-ring (bicyclic) bond motifs is 2. The average molecular weight is 439 g/mol. The summed E-state index contributed by atoms with van der Waals surface area (Å²) >= 11 is 6.95. The monoisotopic (exact) mass is 438 g/mol. The van der Waals surface area contributed by atoms with Gasteiger partial charge < -0.3 is 9.80 Å². The Labute approximate surface area is 189 Å². The summed E-state index contributed by atoms with van der Waals surface area (Å²) in [4.78, 5) is 16.8. The molecule has 2 atom stereocenters. The fourth-order valence-electron chi connectivity index (χ4n) is 5.05. The van der Waals surface area contributed by atoms with Crippen LogP contribution in [0, 0.1) is 0 Å². The zero-order chi connectivity index (χ0) is 21.5. The molecule has 0 bridgehead atoms. The summed E-state index contributed by atoms with van der Waals surface area (Å²) in [7, 11) is 4.36. The molecule has 2 aliphatic rings. The molecule has 0 radical (unpaired) electrons. The van der Waals surface area contributed by atoms with E-state index in [0.29, 0.717) is 18.6 Å². The predicted molar refractivity (Wildman–Crippen MR) is 126 cm³/mol. The van der Waals surface area contributed by atoms with Gasteiger partial charge >= 0.3 is 0 Å². The second-order valence-electron chi connectivity index (χ2n) is 9.07. The highest BCUT2D eigenvalue weighted by molar-refractivity contribution is 6.30. The van der Waals surface area contributed by atoms with Crippen LogP contribution in [0.4, 0.5) is 5.82 Å². The summed E-state index contributed by atoms with van der Waals surface area (Å²) in [6.45, 7) is 6.02. The van der Waals surface area contributed by atoms with Gasteiger partial charge in [-0.25, -0.2) is 4.98 Å². The standard InChI is InChI=1S/C24H31ClN6/c1-17-15-30(14-13-28(17)2)22-11-5-10-21-27-19(24(25)31(21)22)16-29(3)20-9-4-7-18-8-6-12-26-23(18)20/h5-6,8,10-12,17,20H,4,7,9,13-16H2,1-3H3/t17-,20?/m0/s1. The molecule has 3 aromatic rings. The highest BCUT2D eigenvalue weighted by Gasteiger charge is 2.27. The van der Waals surface area contributed by atoms with E-state index in [-0.39, 0.29) is 0 Å². The number of aryl methyl sites for hydroxylation is 1. The number of hydrogen-bond donors (Lipinski definition) is 0. The largest absolute Gasteiger partial charge is 0.355 e. The summed E-state index contributed by atoms with van der Waals surface area (Å²) < 4.78 is 2.12. The van der Waals surface area contributed by atoms with Gasteiger partial charge in [-0.05, 0) is 64.0 Å². The van der Waals surface area contributed by atoms with Gasteiger partial charge in [-0.15, -0.1) is 0 Å². The molecule has 3 aromatic heterocycles. The molecule has 31 heavy (non-hydrogen) atoms. The maximum absolute atomic E-state index is 6.95. The topological polar surface area (TPSA) is 39.9 Å². The zero-order valence-electron chi connectivity index (χ0n) is 18.6. The van der Waals surface area contributed by atoms with Gasteiger partial charge in [-0.2, -0.15) is 0 Å². The van der Waals surface area contributed by atoms with Crippen LogP contribution in [0.5, 0.6) is 0 Å². The third kappa shape index (κ3) is 3.81. The van der Waals surface area contributed by atoms with Crippen LogP contribution in [0.1, 0.15) is 42.8 Å². The van der Waals surface area contributed by atoms with Crippen molar-refractivity contribution in [3.05, 3.63) is 58.6 Å². The smallest absolute Gasteiger partial charge is 0.139 e. The Kier molecular flexibility index (Phi) is 5.63. The number of rotatable bonds is 4. The molecular formula is C24H31ClN6. The molecule has 1 unspecified atom stereocenters. The molecule has 0 aromatic carbocycles. The summed E-state index contributed by atoms with van der Waals surface area (Å²) in [5.74, 6) is 1.13. The minimum absolute atomic E-state index is 0.309. The van der Waals surface area contributed by atoms with E-state index in [2.05, 4.69) is 64.4 Å². The van der Waals surface area contributed by atoms with Crippen molar-refractivity contribution in [1.82, 2.24) is 24.2 Å². The fraction of sp³-hybridized carbons (Fsp3) is 0.500. The van der Waals surface area contributed by atoms with Crippen LogP contribution < -0.4 is 4.90 Å². The van der Waals surface area contributed by atoms with Crippen molar-refractivity contribution in [2.45, 2.75) is 44.8 Å². The maximum Gasteiger partial charge on any atom is 0.139 e. The lowest BCUT2D eigenvalue weighted by molar-refractivity contribution is 0.206. The van der Waals surface area contributed by atoms with Gasteiger partial charge in [0.2, 0.25) is 0 Å². The molecule has 6 nitrogen and oxygen atoms in total. The molecule has 1 aliphatic heterocycles. The van der Waals surface area contributed by atoms with E-state index in [1.807, 2.05) is 12.3 Å². The quantitative estimate of drug-likeness (QED) is 0.615. The van der Waals surface area contributed by atoms with Crippen LogP contribution >= 0.6 is 11.6 Å². The molecule has 0 amide bonds. The molecule has 4 heterocycles. The second kappa shape index (κ2) is 8.41. The summed E-state index contributed by atoms with van der Waals surface area (Å²) in [6, 6.07) is 11.4. The molecule has 1 saturated heterocycles. The Hall–Kier alpha value is -2.15. The van der Waals surface area contributed by atoms with E-state index < -0.39 is 0 Å². The third-order valence-electron chi connectivity index (χ3n) is 7.01. The molecule has 1 fully saturated rings. The van der Waals surface area contributed by atoms with Gasteiger partial charge in [-0.1, -0.05) is 23.7 Å². The minimum Gasteiger partial charge on any atom is -0.355 e. The molecule has 0 spiro atoms. The normalized spacial score (nSPS) is 22.3. The van der Waals surface area contributed by atoms with Gasteiger partial charge in [0.25, 0.3) is 0 Å². The van der Waals surface area contributed by atoms with Crippen LogP contribution in [-0.2, 0) is 13.0 Å². The molecule has 0 N–H and O–H groups in total. The Balaban J connectivity index is 1.44. The van der Waals surface area contributed by atoms with Gasteiger partial charge in [0.05, 0.1) is 17.4 Å². The number of piperazine rings is 1. The lowest BCUT2D eigenvalue weighted by Gasteiger charge is -2.39. The molecule has 164 valence electrons. The maximum atomic E-state index is 6.95. The van der Waals surface area contributed by atoms with Crippen molar-refractivity contribution in [3.8, 4) is 0 Å². The van der Waals surface area contributed by atoms with Crippen molar-refractivity contribution in [3.63, 3.8) is 0 Å². The average Bonchev–Trinajstić information content (AvgIpc) is 3.10. The van der Waals surface area contributed by atoms with Gasteiger partial charge in [-0.3, -0.25) is 14.3 Å². The van der Waals surface area contributed by atoms with Crippen LogP contribution in [-0.4, -0.2) is 63.9 Å². The van der Waals surface area contributed by atoms with Gasteiger partial charge in [0, 0.05) is 38.4 Å². The molecular weight excluding hydrogens is 408 g/mol. The van der Waals surface area contributed by atoms with Crippen molar-refractivity contribution in [2.24, 2.45) is 0 Å². The van der Waals surface area contributed by atoms with Gasteiger partial charge in [0.15, 0.2) is 0 Å². The number of imidazole rings is 1. The lowest BCUT2D eigenvalue weighted by atomic mass is 9.91. The van der Waals surface area contributed by atoms with E-state index in [9.17, 15) is 0 Å². The number of anilines is 1. The molecule has 5 rings (SSSR count). The lowest BCUT2D eigenvalue weighted by Crippen LogP contribution is -2.50. The van der Waals surface area contributed by atoms with Crippen LogP contribution in [0.3, 0.4) is 0 Å². The SMILES string of the molecule is C[C@H]1CN(c2cccc3nc(CN(C)C4CCCc5cccnc54)c(Cl)n23)CCN1C. The Morgan fingerprint density at radius 1 is 1.19 bits per heavy atom. The highest BCUT2D eigenvalue weighted by Crippen LogP contribution is 2.34. The first-order valence-corrected chi connectivity index (χ1v) is 11.7. The van der Waals surface area contributed by atoms with E-state index in [1.165, 1.54) is 17.7 Å². The predicted octanol–water partition coefficient (Wildman–Crippen LogP) is 4.03. The first-order valence-electron chi connectivity index (χ1n) is 11.3.